The number of benzene rings is 1. The molecule has 0 aliphatic carbocycles. The third-order valence-corrected chi connectivity index (χ3v) is 2.93. The van der Waals surface area contributed by atoms with Crippen LogP contribution in [0.15, 0.2) is 24.3 Å². The van der Waals surface area contributed by atoms with Crippen LogP contribution in [0, 0.1) is 0 Å². The number of aliphatic hydroxyl groups is 1. The monoisotopic (exact) mass is 324 g/mol. The zero-order chi connectivity index (χ0) is 17.5. The van der Waals surface area contributed by atoms with Gasteiger partial charge in [-0.1, -0.05) is 12.1 Å². The number of aliphatic hydroxyl groups excluding tert-OH is 1. The smallest absolute Gasteiger partial charge is 0.410 e. The SMILES string of the molecule is CC(O)CN(CCNCc1cccc(O)c1)C(=O)OC(C)(C)C. The Morgan fingerprint density at radius 3 is 2.65 bits per heavy atom. The maximum absolute atomic E-state index is 12.1. The number of nitrogens with one attached hydrogen (secondary N) is 1. The van der Waals surface area contributed by atoms with Gasteiger partial charge in [0.2, 0.25) is 0 Å². The van der Waals surface area contributed by atoms with Gasteiger partial charge in [0.25, 0.3) is 0 Å². The molecule has 6 heteroatoms. The quantitative estimate of drug-likeness (QED) is 0.669. The predicted octanol–water partition coefficient (Wildman–Crippen LogP) is 2.10. The fraction of sp³-hybridized carbons (Fsp3) is 0.588. The summed E-state index contributed by atoms with van der Waals surface area (Å²) in [6.07, 6.45) is -1.05. The van der Waals surface area contributed by atoms with Gasteiger partial charge in [-0.15, -0.1) is 0 Å². The number of phenols is 1. The Labute approximate surface area is 138 Å². The molecule has 1 atom stereocenters. The third-order valence-electron chi connectivity index (χ3n) is 2.93. The molecule has 0 radical (unpaired) electrons. The first-order valence-corrected chi connectivity index (χ1v) is 7.82. The van der Waals surface area contributed by atoms with E-state index in [1.807, 2.05) is 26.8 Å². The lowest BCUT2D eigenvalue weighted by atomic mass is 10.2. The lowest BCUT2D eigenvalue weighted by Crippen LogP contribution is -2.43. The number of phenolic OH excluding ortho intramolecular Hbond substituents is 1. The molecule has 3 N–H and O–H groups in total. The van der Waals surface area contributed by atoms with Crippen molar-refractivity contribution in [1.82, 2.24) is 10.2 Å². The Kier molecular flexibility index (Phi) is 7.32. The van der Waals surface area contributed by atoms with Crippen LogP contribution in [0.25, 0.3) is 0 Å². The van der Waals surface area contributed by atoms with Gasteiger partial charge in [0.05, 0.1) is 6.10 Å². The first kappa shape index (κ1) is 19.3. The normalized spacial score (nSPS) is 12.7. The van der Waals surface area contributed by atoms with E-state index < -0.39 is 17.8 Å². The molecule has 0 fully saturated rings. The number of carbonyl (C=O) groups excluding carboxylic acids is 1. The number of carbonyl (C=O) groups is 1. The highest BCUT2D eigenvalue weighted by atomic mass is 16.6. The summed E-state index contributed by atoms with van der Waals surface area (Å²) in [5, 5.41) is 22.2. The summed E-state index contributed by atoms with van der Waals surface area (Å²) >= 11 is 0. The zero-order valence-electron chi connectivity index (χ0n) is 14.4. The van der Waals surface area contributed by atoms with Gasteiger partial charge >= 0.3 is 6.09 Å². The average Bonchev–Trinajstić information content (AvgIpc) is 2.40. The van der Waals surface area contributed by atoms with Crippen molar-refractivity contribution in [1.29, 1.82) is 0 Å². The topological polar surface area (TPSA) is 82.0 Å². The van der Waals surface area contributed by atoms with Crippen molar-refractivity contribution in [2.24, 2.45) is 0 Å². The maximum atomic E-state index is 12.1. The highest BCUT2D eigenvalue weighted by Crippen LogP contribution is 2.11. The number of hydrogen-bond acceptors (Lipinski definition) is 5. The van der Waals surface area contributed by atoms with Crippen molar-refractivity contribution in [3.8, 4) is 5.75 Å². The summed E-state index contributed by atoms with van der Waals surface area (Å²) in [7, 11) is 0. The first-order chi connectivity index (χ1) is 10.7. The fourth-order valence-corrected chi connectivity index (χ4v) is 2.02. The van der Waals surface area contributed by atoms with Gasteiger partial charge in [-0.05, 0) is 45.4 Å². The van der Waals surface area contributed by atoms with E-state index in [0.717, 1.165) is 5.56 Å². The average molecular weight is 324 g/mol. The van der Waals surface area contributed by atoms with E-state index in [1.54, 1.807) is 25.1 Å². The first-order valence-electron chi connectivity index (χ1n) is 7.82. The highest BCUT2D eigenvalue weighted by molar-refractivity contribution is 5.68. The molecule has 0 spiro atoms. The Morgan fingerprint density at radius 1 is 1.39 bits per heavy atom. The lowest BCUT2D eigenvalue weighted by Gasteiger charge is -2.28. The van der Waals surface area contributed by atoms with E-state index in [0.29, 0.717) is 19.6 Å². The van der Waals surface area contributed by atoms with Crippen molar-refractivity contribution >= 4 is 6.09 Å². The molecular formula is C17H28N2O4. The molecule has 0 bridgehead atoms. The van der Waals surface area contributed by atoms with Gasteiger partial charge in [0.1, 0.15) is 11.4 Å². The van der Waals surface area contributed by atoms with Crippen LogP contribution in [0.4, 0.5) is 4.79 Å². The van der Waals surface area contributed by atoms with E-state index in [4.69, 9.17) is 4.74 Å². The summed E-state index contributed by atoms with van der Waals surface area (Å²) in [6.45, 7) is 8.87. The second-order valence-electron chi connectivity index (χ2n) is 6.62. The molecule has 23 heavy (non-hydrogen) atoms. The van der Waals surface area contributed by atoms with E-state index in [-0.39, 0.29) is 12.3 Å². The third kappa shape index (κ3) is 8.42. The van der Waals surface area contributed by atoms with Gasteiger partial charge in [-0.3, -0.25) is 0 Å². The second kappa shape index (κ2) is 8.74. The molecule has 1 rings (SSSR count). The fourth-order valence-electron chi connectivity index (χ4n) is 2.02. The van der Waals surface area contributed by atoms with Gasteiger partial charge in [0.15, 0.2) is 0 Å². The maximum Gasteiger partial charge on any atom is 0.410 e. The van der Waals surface area contributed by atoms with Crippen molar-refractivity contribution in [2.45, 2.75) is 45.9 Å². The predicted molar refractivity (Wildman–Crippen MR) is 89.3 cm³/mol. The number of amides is 1. The summed E-state index contributed by atoms with van der Waals surface area (Å²) in [5.41, 5.74) is 0.396. The van der Waals surface area contributed by atoms with Crippen molar-refractivity contribution in [2.75, 3.05) is 19.6 Å². The van der Waals surface area contributed by atoms with Crippen LogP contribution in [-0.2, 0) is 11.3 Å². The summed E-state index contributed by atoms with van der Waals surface area (Å²) < 4.78 is 5.35. The molecule has 1 unspecified atom stereocenters. The molecule has 0 aromatic heterocycles. The lowest BCUT2D eigenvalue weighted by molar-refractivity contribution is 0.0164. The van der Waals surface area contributed by atoms with E-state index in [2.05, 4.69) is 5.32 Å². The van der Waals surface area contributed by atoms with E-state index >= 15 is 0 Å². The van der Waals surface area contributed by atoms with Crippen LogP contribution in [0.5, 0.6) is 5.75 Å². The van der Waals surface area contributed by atoms with Crippen LogP contribution < -0.4 is 5.32 Å². The molecule has 1 aromatic rings. The molecule has 1 aromatic carbocycles. The van der Waals surface area contributed by atoms with E-state index in [9.17, 15) is 15.0 Å². The molecule has 6 nitrogen and oxygen atoms in total. The molecule has 0 heterocycles. The second-order valence-corrected chi connectivity index (χ2v) is 6.62. The molecular weight excluding hydrogens is 296 g/mol. The standard InChI is InChI=1S/C17H28N2O4/c1-13(20)12-19(16(22)23-17(2,3)4)9-8-18-11-14-6-5-7-15(21)10-14/h5-7,10,13,18,20-21H,8-9,11-12H2,1-4H3. The number of ether oxygens (including phenoxy) is 1. The molecule has 130 valence electrons. The minimum atomic E-state index is -0.617. The van der Waals surface area contributed by atoms with Crippen LogP contribution >= 0.6 is 0 Å². The Hall–Kier alpha value is -1.79. The highest BCUT2D eigenvalue weighted by Gasteiger charge is 2.22. The van der Waals surface area contributed by atoms with Gasteiger partial charge in [-0.2, -0.15) is 0 Å². The van der Waals surface area contributed by atoms with Crippen molar-refractivity contribution in [3.05, 3.63) is 29.8 Å². The van der Waals surface area contributed by atoms with E-state index in [1.165, 1.54) is 4.90 Å². The van der Waals surface area contributed by atoms with Crippen LogP contribution in [-0.4, -0.2) is 52.5 Å². The number of aromatic hydroxyl groups is 1. The van der Waals surface area contributed by atoms with Crippen LogP contribution in [0.2, 0.25) is 0 Å². The summed E-state index contributed by atoms with van der Waals surface area (Å²) in [6, 6.07) is 7.01. The minimum absolute atomic E-state index is 0.225. The Morgan fingerprint density at radius 2 is 2.09 bits per heavy atom. The minimum Gasteiger partial charge on any atom is -0.508 e. The molecule has 0 saturated heterocycles. The summed E-state index contributed by atoms with van der Waals surface area (Å²) in [4.78, 5) is 13.6. The molecule has 1 amide bonds. The molecule has 0 aliphatic heterocycles. The Bertz CT molecular complexity index is 498. The molecule has 0 saturated carbocycles. The largest absolute Gasteiger partial charge is 0.508 e. The number of nitrogens with zero attached hydrogens (tertiary/aromatic N) is 1. The molecule has 0 aliphatic rings. The van der Waals surface area contributed by atoms with Crippen LogP contribution in [0.3, 0.4) is 0 Å². The number of hydrogen-bond donors (Lipinski definition) is 3. The van der Waals surface area contributed by atoms with Crippen molar-refractivity contribution in [3.63, 3.8) is 0 Å². The zero-order valence-corrected chi connectivity index (χ0v) is 14.4. The van der Waals surface area contributed by atoms with Gasteiger partial charge in [0, 0.05) is 26.2 Å². The van der Waals surface area contributed by atoms with Gasteiger partial charge < -0.3 is 25.2 Å². The Balaban J connectivity index is 2.46. The van der Waals surface area contributed by atoms with Crippen molar-refractivity contribution < 1.29 is 19.7 Å². The number of rotatable bonds is 7. The van der Waals surface area contributed by atoms with Gasteiger partial charge in [-0.25, -0.2) is 4.79 Å². The van der Waals surface area contributed by atoms with Crippen LogP contribution in [0.1, 0.15) is 33.3 Å². The summed E-state index contributed by atoms with van der Waals surface area (Å²) in [5.74, 6) is 0.230.